The highest BCUT2D eigenvalue weighted by Crippen LogP contribution is 2.10. The Bertz CT molecular complexity index is 666. The summed E-state index contributed by atoms with van der Waals surface area (Å²) in [5, 5.41) is 3.91. The van der Waals surface area contributed by atoms with E-state index >= 15 is 0 Å². The van der Waals surface area contributed by atoms with E-state index in [1.54, 1.807) is 39.1 Å². The van der Waals surface area contributed by atoms with Crippen LogP contribution in [0.2, 0.25) is 0 Å². The molecule has 0 atom stereocenters. The molecule has 0 bridgehead atoms. The Morgan fingerprint density at radius 3 is 2.67 bits per heavy atom. The summed E-state index contributed by atoms with van der Waals surface area (Å²) in [6.07, 6.45) is 0.762. The molecule has 0 amide bonds. The first-order chi connectivity index (χ1) is 8.28. The summed E-state index contributed by atoms with van der Waals surface area (Å²) >= 11 is 3.25. The number of hydrogen-bond donors (Lipinski definition) is 0. The first-order valence-electron chi connectivity index (χ1n) is 5.28. The SMILES string of the molecule is CC(C)(C)OC(=O)n1nc2ccc(Br)cn2c1=O. The van der Waals surface area contributed by atoms with Crippen molar-refractivity contribution in [2.24, 2.45) is 0 Å². The second-order valence-electron chi connectivity index (χ2n) is 4.75. The lowest BCUT2D eigenvalue weighted by Gasteiger charge is -2.18. The molecule has 2 aromatic heterocycles. The second kappa shape index (κ2) is 4.24. The van der Waals surface area contributed by atoms with Gasteiger partial charge in [0.15, 0.2) is 5.65 Å². The molecule has 2 aromatic rings. The van der Waals surface area contributed by atoms with E-state index in [0.29, 0.717) is 10.3 Å². The first-order valence-corrected chi connectivity index (χ1v) is 6.07. The van der Waals surface area contributed by atoms with Gasteiger partial charge >= 0.3 is 11.8 Å². The predicted molar refractivity (Wildman–Crippen MR) is 68.8 cm³/mol. The Balaban J connectivity index is 2.50. The molecule has 0 radical (unpaired) electrons. The molecule has 0 N–H and O–H groups in total. The van der Waals surface area contributed by atoms with Gasteiger partial charge in [0.25, 0.3) is 0 Å². The van der Waals surface area contributed by atoms with Crippen molar-refractivity contribution < 1.29 is 9.53 Å². The molecule has 0 saturated heterocycles. The molecule has 0 saturated carbocycles. The third kappa shape index (κ3) is 2.45. The number of carbonyl (C=O) groups excluding carboxylic acids is 1. The van der Waals surface area contributed by atoms with E-state index in [-0.39, 0.29) is 0 Å². The number of ether oxygens (including phenoxy) is 1. The Kier molecular flexibility index (Phi) is 3.02. The van der Waals surface area contributed by atoms with Crippen LogP contribution in [0.15, 0.2) is 27.6 Å². The lowest BCUT2D eigenvalue weighted by molar-refractivity contribution is 0.0508. The maximum atomic E-state index is 11.9. The second-order valence-corrected chi connectivity index (χ2v) is 5.67. The van der Waals surface area contributed by atoms with Gasteiger partial charge in [-0.25, -0.2) is 14.0 Å². The van der Waals surface area contributed by atoms with Gasteiger partial charge in [-0.15, -0.1) is 9.78 Å². The summed E-state index contributed by atoms with van der Waals surface area (Å²) in [6.45, 7) is 5.17. The van der Waals surface area contributed by atoms with Gasteiger partial charge in [-0.3, -0.25) is 0 Å². The molecule has 0 aliphatic carbocycles. The monoisotopic (exact) mass is 313 g/mol. The number of nitrogens with zero attached hydrogens (tertiary/aromatic N) is 3. The summed E-state index contributed by atoms with van der Waals surface area (Å²) in [5.41, 5.74) is -0.845. The van der Waals surface area contributed by atoms with E-state index in [2.05, 4.69) is 21.0 Å². The summed E-state index contributed by atoms with van der Waals surface area (Å²) in [6, 6.07) is 3.37. The average molecular weight is 314 g/mol. The minimum atomic E-state index is -0.785. The van der Waals surface area contributed by atoms with Crippen molar-refractivity contribution in [3.05, 3.63) is 33.3 Å². The maximum Gasteiger partial charge on any atom is 0.439 e. The number of fused-ring (bicyclic) bond motifs is 1. The zero-order valence-electron chi connectivity index (χ0n) is 10.2. The van der Waals surface area contributed by atoms with Gasteiger partial charge in [0.1, 0.15) is 5.60 Å². The summed E-state index contributed by atoms with van der Waals surface area (Å²) in [4.78, 5) is 23.7. The lowest BCUT2D eigenvalue weighted by Crippen LogP contribution is -2.34. The van der Waals surface area contributed by atoms with Gasteiger partial charge in [0.2, 0.25) is 0 Å². The highest BCUT2D eigenvalue weighted by molar-refractivity contribution is 9.10. The van der Waals surface area contributed by atoms with Crippen LogP contribution in [-0.2, 0) is 4.74 Å². The number of aromatic nitrogens is 3. The summed E-state index contributed by atoms with van der Waals surface area (Å²) in [5.74, 6) is 0. The van der Waals surface area contributed by atoms with Crippen molar-refractivity contribution >= 4 is 27.7 Å². The summed E-state index contributed by atoms with van der Waals surface area (Å²) in [7, 11) is 0. The molecule has 0 fully saturated rings. The normalized spacial score (nSPS) is 11.8. The molecule has 96 valence electrons. The van der Waals surface area contributed by atoms with Crippen molar-refractivity contribution in [1.29, 1.82) is 0 Å². The van der Waals surface area contributed by atoms with Crippen molar-refractivity contribution in [3.63, 3.8) is 0 Å². The van der Waals surface area contributed by atoms with Gasteiger partial charge in [0, 0.05) is 10.7 Å². The highest BCUT2D eigenvalue weighted by Gasteiger charge is 2.21. The van der Waals surface area contributed by atoms with E-state index in [9.17, 15) is 9.59 Å². The quantitative estimate of drug-likeness (QED) is 0.746. The molecule has 0 aliphatic rings. The largest absolute Gasteiger partial charge is 0.442 e. The Morgan fingerprint density at radius 2 is 2.06 bits per heavy atom. The van der Waals surface area contributed by atoms with Crippen LogP contribution in [0.4, 0.5) is 4.79 Å². The molecule has 0 unspecified atom stereocenters. The van der Waals surface area contributed by atoms with Gasteiger partial charge in [0.05, 0.1) is 0 Å². The van der Waals surface area contributed by atoms with Crippen LogP contribution in [0.25, 0.3) is 5.65 Å². The van der Waals surface area contributed by atoms with Crippen molar-refractivity contribution in [2.45, 2.75) is 26.4 Å². The number of rotatable bonds is 0. The van der Waals surface area contributed by atoms with Crippen LogP contribution in [0.1, 0.15) is 20.8 Å². The van der Waals surface area contributed by atoms with Crippen LogP contribution in [0, 0.1) is 0 Å². The minimum Gasteiger partial charge on any atom is -0.442 e. The molecular weight excluding hydrogens is 302 g/mol. The van der Waals surface area contributed by atoms with Gasteiger partial charge in [-0.05, 0) is 48.8 Å². The van der Waals surface area contributed by atoms with E-state index in [1.165, 1.54) is 4.40 Å². The van der Waals surface area contributed by atoms with Crippen molar-refractivity contribution in [2.75, 3.05) is 0 Å². The number of halogens is 1. The van der Waals surface area contributed by atoms with Gasteiger partial charge in [-0.1, -0.05) is 0 Å². The fourth-order valence-electron chi connectivity index (χ4n) is 1.37. The summed E-state index contributed by atoms with van der Waals surface area (Å²) < 4.78 is 7.81. The molecule has 2 heterocycles. The number of hydrogen-bond acceptors (Lipinski definition) is 4. The molecule has 0 aromatic carbocycles. The van der Waals surface area contributed by atoms with Crippen LogP contribution in [-0.4, -0.2) is 25.9 Å². The lowest BCUT2D eigenvalue weighted by atomic mass is 10.2. The Hall–Kier alpha value is -1.63. The van der Waals surface area contributed by atoms with Crippen LogP contribution < -0.4 is 5.69 Å². The van der Waals surface area contributed by atoms with E-state index < -0.39 is 17.4 Å². The predicted octanol–water partition coefficient (Wildman–Crippen LogP) is 2.04. The maximum absolute atomic E-state index is 11.9. The zero-order chi connectivity index (χ0) is 13.5. The third-order valence-corrected chi connectivity index (χ3v) is 2.52. The Labute approximate surface area is 111 Å². The zero-order valence-corrected chi connectivity index (χ0v) is 11.8. The molecule has 18 heavy (non-hydrogen) atoms. The van der Waals surface area contributed by atoms with Crippen LogP contribution >= 0.6 is 15.9 Å². The third-order valence-electron chi connectivity index (χ3n) is 2.05. The van der Waals surface area contributed by atoms with E-state index in [1.807, 2.05) is 0 Å². The number of pyridine rings is 1. The topological polar surface area (TPSA) is 65.6 Å². The highest BCUT2D eigenvalue weighted by atomic mass is 79.9. The smallest absolute Gasteiger partial charge is 0.439 e. The molecule has 0 aliphatic heterocycles. The average Bonchev–Trinajstić information content (AvgIpc) is 2.54. The fourth-order valence-corrected chi connectivity index (χ4v) is 1.71. The standard InChI is InChI=1S/C11H12BrN3O3/c1-11(2,3)18-10(17)15-9(16)14-6-7(12)4-5-8(14)13-15/h4-6H,1-3H3. The van der Waals surface area contributed by atoms with E-state index in [0.717, 1.165) is 4.47 Å². The Morgan fingerprint density at radius 1 is 1.39 bits per heavy atom. The first kappa shape index (κ1) is 12.8. The van der Waals surface area contributed by atoms with Crippen molar-refractivity contribution in [3.8, 4) is 0 Å². The van der Waals surface area contributed by atoms with Crippen LogP contribution in [0.5, 0.6) is 0 Å². The molecular formula is C11H12BrN3O3. The van der Waals surface area contributed by atoms with Crippen LogP contribution in [0.3, 0.4) is 0 Å². The number of carbonyl (C=O) groups is 1. The fraction of sp³-hybridized carbons (Fsp3) is 0.364. The molecule has 2 rings (SSSR count). The van der Waals surface area contributed by atoms with Gasteiger partial charge in [-0.2, -0.15) is 0 Å². The minimum absolute atomic E-state index is 0.383. The van der Waals surface area contributed by atoms with E-state index in [4.69, 9.17) is 4.74 Å². The molecule has 7 heteroatoms. The molecule has 0 spiro atoms. The van der Waals surface area contributed by atoms with Crippen molar-refractivity contribution in [1.82, 2.24) is 14.2 Å². The van der Waals surface area contributed by atoms with Gasteiger partial charge < -0.3 is 4.74 Å². The molecule has 6 nitrogen and oxygen atoms in total.